The van der Waals surface area contributed by atoms with Crippen LogP contribution in [0.2, 0.25) is 0 Å². The Morgan fingerprint density at radius 3 is 2.57 bits per heavy atom. The molecule has 0 bridgehead atoms. The van der Waals surface area contributed by atoms with Crippen LogP contribution in [-0.4, -0.2) is 37.3 Å². The second kappa shape index (κ2) is 12.1. The van der Waals surface area contributed by atoms with Crippen molar-refractivity contribution < 1.29 is 32.6 Å². The van der Waals surface area contributed by atoms with Crippen molar-refractivity contribution in [1.82, 2.24) is 0 Å². The fraction of sp³-hybridized carbons (Fsp3) is 0.192. The van der Waals surface area contributed by atoms with Crippen LogP contribution in [0.1, 0.15) is 24.0 Å². The van der Waals surface area contributed by atoms with E-state index in [2.05, 4.69) is 4.72 Å². The van der Waals surface area contributed by atoms with E-state index < -0.39 is 27.9 Å². The normalized spacial score (nSPS) is 12.4. The number of carboxylic acids is 1. The van der Waals surface area contributed by atoms with Gasteiger partial charge in [0.15, 0.2) is 0 Å². The van der Waals surface area contributed by atoms with Crippen LogP contribution in [-0.2, 0) is 21.2 Å². The van der Waals surface area contributed by atoms with Crippen molar-refractivity contribution in [3.63, 3.8) is 0 Å². The van der Waals surface area contributed by atoms with Gasteiger partial charge in [0.05, 0.1) is 17.6 Å². The number of carbonyl (C=O) groups is 1. The van der Waals surface area contributed by atoms with Gasteiger partial charge < -0.3 is 14.9 Å². The molecule has 35 heavy (non-hydrogen) atoms. The van der Waals surface area contributed by atoms with Gasteiger partial charge in [-0.3, -0.25) is 9.52 Å². The lowest BCUT2D eigenvalue weighted by Gasteiger charge is -2.12. The Labute approximate surface area is 203 Å². The zero-order valence-corrected chi connectivity index (χ0v) is 19.6. The quantitative estimate of drug-likeness (QED) is 0.339. The third-order valence-corrected chi connectivity index (χ3v) is 6.40. The van der Waals surface area contributed by atoms with E-state index in [1.165, 1.54) is 30.3 Å². The Morgan fingerprint density at radius 2 is 1.83 bits per heavy atom. The lowest BCUT2D eigenvalue weighted by atomic mass is 10.1. The summed E-state index contributed by atoms with van der Waals surface area (Å²) in [4.78, 5) is 11.0. The first kappa shape index (κ1) is 25.9. The van der Waals surface area contributed by atoms with Gasteiger partial charge in [-0.2, -0.15) is 0 Å². The van der Waals surface area contributed by atoms with Gasteiger partial charge in [0, 0.05) is 18.5 Å². The second-order valence-corrected chi connectivity index (χ2v) is 9.44. The van der Waals surface area contributed by atoms with E-state index >= 15 is 0 Å². The van der Waals surface area contributed by atoms with Crippen LogP contribution in [0.5, 0.6) is 5.75 Å². The fourth-order valence-electron chi connectivity index (χ4n) is 3.25. The van der Waals surface area contributed by atoms with Crippen LogP contribution in [0, 0.1) is 5.82 Å². The number of rotatable bonds is 12. The smallest absolute Gasteiger partial charge is 0.303 e. The number of nitrogens with one attached hydrogen (secondary N) is 1. The molecule has 3 rings (SSSR count). The third kappa shape index (κ3) is 8.24. The average Bonchev–Trinajstić information content (AvgIpc) is 2.83. The highest BCUT2D eigenvalue weighted by atomic mass is 32.2. The first-order valence-corrected chi connectivity index (χ1v) is 12.4. The molecule has 0 fully saturated rings. The Bertz CT molecular complexity index is 1280. The second-order valence-electron chi connectivity index (χ2n) is 7.75. The number of hydrogen-bond acceptors (Lipinski definition) is 5. The number of ether oxygens (including phenoxy) is 1. The first-order chi connectivity index (χ1) is 16.7. The number of hydrogen-bond donors (Lipinski definition) is 3. The summed E-state index contributed by atoms with van der Waals surface area (Å²) in [5, 5.41) is 19.1. The first-order valence-electron chi connectivity index (χ1n) is 10.9. The number of aliphatic hydroxyl groups excluding tert-OH is 1. The molecule has 184 valence electrons. The molecule has 0 saturated carbocycles. The van der Waals surface area contributed by atoms with Gasteiger partial charge in [0.1, 0.15) is 11.6 Å². The molecule has 0 aliphatic carbocycles. The van der Waals surface area contributed by atoms with Crippen LogP contribution in [0.3, 0.4) is 0 Å². The molecule has 0 heterocycles. The molecule has 0 aliphatic heterocycles. The minimum absolute atomic E-state index is 0.133. The molecule has 3 aromatic carbocycles. The monoisotopic (exact) mass is 499 g/mol. The summed E-state index contributed by atoms with van der Waals surface area (Å²) in [6.45, 7) is 0.133. The highest BCUT2D eigenvalue weighted by Gasteiger charge is 2.13. The van der Waals surface area contributed by atoms with E-state index in [1.54, 1.807) is 54.6 Å². The minimum Gasteiger partial charge on any atom is -0.493 e. The molecule has 3 aromatic rings. The maximum atomic E-state index is 13.5. The highest BCUT2D eigenvalue weighted by molar-refractivity contribution is 7.92. The molecular formula is C26H26FNO6S. The molecule has 0 amide bonds. The molecular weight excluding hydrogens is 473 g/mol. The number of aliphatic hydroxyl groups is 1. The minimum atomic E-state index is -3.71. The summed E-state index contributed by atoms with van der Waals surface area (Å²) in [7, 11) is -3.71. The lowest BCUT2D eigenvalue weighted by Crippen LogP contribution is -2.12. The van der Waals surface area contributed by atoms with Gasteiger partial charge in [-0.1, -0.05) is 42.5 Å². The predicted molar refractivity (Wildman–Crippen MR) is 131 cm³/mol. The third-order valence-electron chi connectivity index (χ3n) is 5.01. The van der Waals surface area contributed by atoms with E-state index in [-0.39, 0.29) is 30.8 Å². The summed E-state index contributed by atoms with van der Waals surface area (Å²) in [5.41, 5.74) is 1.53. The molecule has 7 nitrogen and oxygen atoms in total. The number of carboxylic acid groups (broad SMARTS) is 1. The number of sulfonamides is 1. The summed E-state index contributed by atoms with van der Waals surface area (Å²) in [6.07, 6.45) is 2.61. The molecule has 0 aliphatic rings. The van der Waals surface area contributed by atoms with Gasteiger partial charge in [0.25, 0.3) is 10.0 Å². The van der Waals surface area contributed by atoms with E-state index in [1.807, 2.05) is 0 Å². The maximum Gasteiger partial charge on any atom is 0.303 e. The Kier molecular flexibility index (Phi) is 8.99. The van der Waals surface area contributed by atoms with E-state index in [4.69, 9.17) is 9.84 Å². The number of halogens is 1. The van der Waals surface area contributed by atoms with Crippen LogP contribution in [0.4, 0.5) is 10.1 Å². The molecule has 0 unspecified atom stereocenters. The van der Waals surface area contributed by atoms with E-state index in [0.717, 1.165) is 0 Å². The lowest BCUT2D eigenvalue weighted by molar-refractivity contribution is -0.136. The predicted octanol–water partition coefficient (Wildman–Crippen LogP) is 4.49. The van der Waals surface area contributed by atoms with Crippen molar-refractivity contribution in [2.75, 3.05) is 11.3 Å². The Morgan fingerprint density at radius 1 is 1.06 bits per heavy atom. The van der Waals surface area contributed by atoms with Gasteiger partial charge >= 0.3 is 5.97 Å². The van der Waals surface area contributed by atoms with Gasteiger partial charge in [0.2, 0.25) is 0 Å². The summed E-state index contributed by atoms with van der Waals surface area (Å²) in [5.74, 6) is -1.09. The number of benzene rings is 3. The van der Waals surface area contributed by atoms with Gasteiger partial charge in [-0.25, -0.2) is 12.8 Å². The number of aliphatic carboxylic acids is 1. The molecule has 9 heteroatoms. The maximum absolute atomic E-state index is 13.5. The molecule has 0 saturated heterocycles. The van der Waals surface area contributed by atoms with Crippen LogP contribution in [0.15, 0.2) is 83.8 Å². The van der Waals surface area contributed by atoms with E-state index in [9.17, 15) is 22.7 Å². The van der Waals surface area contributed by atoms with Crippen molar-refractivity contribution in [1.29, 1.82) is 0 Å². The zero-order chi connectivity index (χ0) is 25.3. The van der Waals surface area contributed by atoms with Crippen LogP contribution >= 0.6 is 0 Å². The SMILES string of the molecule is O=C(O)CCc1cc(F)ccc1OCC[C@@H](O)/C=C/c1cccc(NS(=O)(=O)c2ccccc2)c1. The molecule has 0 aromatic heterocycles. The van der Waals surface area contributed by atoms with Crippen molar-refractivity contribution in [2.45, 2.75) is 30.3 Å². The summed E-state index contributed by atoms with van der Waals surface area (Å²) in [6, 6.07) is 18.7. The zero-order valence-electron chi connectivity index (χ0n) is 18.8. The molecule has 3 N–H and O–H groups in total. The Hall–Kier alpha value is -3.69. The molecule has 1 atom stereocenters. The molecule has 0 spiro atoms. The highest BCUT2D eigenvalue weighted by Crippen LogP contribution is 2.22. The molecule has 0 radical (unpaired) electrons. The number of anilines is 1. The van der Waals surface area contributed by atoms with E-state index in [0.29, 0.717) is 22.6 Å². The average molecular weight is 500 g/mol. The van der Waals surface area contributed by atoms with Crippen molar-refractivity contribution >= 4 is 27.8 Å². The Balaban J connectivity index is 1.55. The number of aryl methyl sites for hydroxylation is 1. The summed E-state index contributed by atoms with van der Waals surface area (Å²) >= 11 is 0. The van der Waals surface area contributed by atoms with Crippen molar-refractivity contribution in [3.05, 3.63) is 95.8 Å². The van der Waals surface area contributed by atoms with Crippen molar-refractivity contribution in [2.24, 2.45) is 0 Å². The topological polar surface area (TPSA) is 113 Å². The van der Waals surface area contributed by atoms with Gasteiger partial charge in [-0.05, 0) is 60.0 Å². The fourth-order valence-corrected chi connectivity index (χ4v) is 4.32. The van der Waals surface area contributed by atoms with Crippen LogP contribution in [0.25, 0.3) is 6.08 Å². The largest absolute Gasteiger partial charge is 0.493 e. The van der Waals surface area contributed by atoms with Gasteiger partial charge in [-0.15, -0.1) is 0 Å². The standard InChI is InChI=1S/C26H26FNO6S/c27-21-11-13-25(20(18-21)10-14-26(30)31)34-16-15-23(29)12-9-19-5-4-6-22(17-19)28-35(32,33)24-7-2-1-3-8-24/h1-9,11-13,17-18,23,28-29H,10,14-16H2,(H,30,31)/b12-9+/t23-/m0/s1. The van der Waals surface area contributed by atoms with Crippen LogP contribution < -0.4 is 9.46 Å². The van der Waals surface area contributed by atoms with Crippen molar-refractivity contribution in [3.8, 4) is 5.75 Å². The summed E-state index contributed by atoms with van der Waals surface area (Å²) < 4.78 is 46.7.